The Hall–Kier alpha value is -2.14. The van der Waals surface area contributed by atoms with Crippen LogP contribution in [0.1, 0.15) is 35.9 Å². The molecular weight excluding hydrogens is 290 g/mol. The first-order chi connectivity index (χ1) is 10.0. The van der Waals surface area contributed by atoms with Crippen molar-refractivity contribution in [2.75, 3.05) is 6.54 Å². The fraction of sp³-hybridized carbons (Fsp3) is 0.267. The molecule has 2 rings (SSSR count). The zero-order valence-corrected chi connectivity index (χ0v) is 12.6. The predicted octanol–water partition coefficient (Wildman–Crippen LogP) is 3.06. The summed E-state index contributed by atoms with van der Waals surface area (Å²) in [5.74, 6) is -0.0752. The van der Waals surface area contributed by atoms with Crippen LogP contribution >= 0.6 is 11.6 Å². The third-order valence-electron chi connectivity index (χ3n) is 3.25. The third-order valence-corrected chi connectivity index (χ3v) is 3.43. The summed E-state index contributed by atoms with van der Waals surface area (Å²) < 4.78 is 0. The molecule has 0 spiro atoms. The van der Waals surface area contributed by atoms with E-state index in [1.54, 1.807) is 23.1 Å². The highest BCUT2D eigenvalue weighted by Crippen LogP contribution is 2.24. The van der Waals surface area contributed by atoms with Crippen molar-refractivity contribution in [1.82, 2.24) is 14.9 Å². The van der Waals surface area contributed by atoms with E-state index in [0.29, 0.717) is 6.54 Å². The number of phenolic OH excluding ortho intramolecular Hbond substituents is 1. The number of aromatic nitrogens is 2. The first kappa shape index (κ1) is 15.3. The van der Waals surface area contributed by atoms with Crippen molar-refractivity contribution < 1.29 is 9.90 Å². The fourth-order valence-corrected chi connectivity index (χ4v) is 2.30. The molecule has 1 amide bonds. The van der Waals surface area contributed by atoms with E-state index >= 15 is 0 Å². The number of benzene rings is 1. The lowest BCUT2D eigenvalue weighted by atomic mass is 10.1. The van der Waals surface area contributed by atoms with Crippen LogP contribution in [0, 0.1) is 0 Å². The average Bonchev–Trinajstić information content (AvgIpc) is 2.47. The number of amides is 1. The van der Waals surface area contributed by atoms with Crippen LogP contribution in [0.2, 0.25) is 5.15 Å². The Kier molecular flexibility index (Phi) is 4.75. The van der Waals surface area contributed by atoms with E-state index < -0.39 is 0 Å². The second-order valence-electron chi connectivity index (χ2n) is 4.59. The Morgan fingerprint density at radius 2 is 2.19 bits per heavy atom. The van der Waals surface area contributed by atoms with Gasteiger partial charge in [-0.05, 0) is 31.5 Å². The minimum atomic E-state index is -0.247. The minimum Gasteiger partial charge on any atom is -0.508 e. The van der Waals surface area contributed by atoms with Crippen LogP contribution in [0.3, 0.4) is 0 Å². The molecule has 0 saturated heterocycles. The number of hydrogen-bond acceptors (Lipinski definition) is 4. The molecule has 0 aliphatic carbocycles. The van der Waals surface area contributed by atoms with Gasteiger partial charge in [-0.15, -0.1) is 0 Å². The number of aromatic hydroxyl groups is 1. The first-order valence-corrected chi connectivity index (χ1v) is 6.98. The van der Waals surface area contributed by atoms with Gasteiger partial charge in [0.15, 0.2) is 0 Å². The van der Waals surface area contributed by atoms with Gasteiger partial charge < -0.3 is 10.0 Å². The van der Waals surface area contributed by atoms with Crippen molar-refractivity contribution >= 4 is 17.5 Å². The van der Waals surface area contributed by atoms with E-state index in [0.717, 1.165) is 5.56 Å². The molecule has 110 valence electrons. The number of nitrogens with zero attached hydrogens (tertiary/aromatic N) is 3. The molecule has 1 unspecified atom stereocenters. The standard InChI is InChI=1S/C15H16ClN3O2/c1-3-19(10(2)11-5-4-6-12(20)7-11)15(21)13-8-17-9-14(16)18-13/h4-10,20H,3H2,1-2H3. The second kappa shape index (κ2) is 6.54. The smallest absolute Gasteiger partial charge is 0.274 e. The summed E-state index contributed by atoms with van der Waals surface area (Å²) >= 11 is 5.78. The van der Waals surface area contributed by atoms with Gasteiger partial charge in [0.2, 0.25) is 0 Å². The molecule has 6 heteroatoms. The fourth-order valence-electron chi connectivity index (χ4n) is 2.15. The van der Waals surface area contributed by atoms with Gasteiger partial charge in [-0.2, -0.15) is 0 Å². The largest absolute Gasteiger partial charge is 0.508 e. The summed E-state index contributed by atoms with van der Waals surface area (Å²) in [6, 6.07) is 6.65. The van der Waals surface area contributed by atoms with E-state index in [2.05, 4.69) is 9.97 Å². The highest BCUT2D eigenvalue weighted by Gasteiger charge is 2.23. The lowest BCUT2D eigenvalue weighted by molar-refractivity contribution is 0.0695. The van der Waals surface area contributed by atoms with Crippen LogP contribution < -0.4 is 0 Å². The van der Waals surface area contributed by atoms with Crippen molar-refractivity contribution in [3.05, 3.63) is 53.1 Å². The monoisotopic (exact) mass is 305 g/mol. The molecule has 0 saturated carbocycles. The summed E-state index contributed by atoms with van der Waals surface area (Å²) in [6.45, 7) is 4.28. The molecule has 0 fully saturated rings. The van der Waals surface area contributed by atoms with E-state index in [9.17, 15) is 9.90 Å². The molecule has 0 bridgehead atoms. The topological polar surface area (TPSA) is 66.3 Å². The second-order valence-corrected chi connectivity index (χ2v) is 4.98. The lowest BCUT2D eigenvalue weighted by Gasteiger charge is -2.28. The lowest BCUT2D eigenvalue weighted by Crippen LogP contribution is -2.34. The van der Waals surface area contributed by atoms with E-state index in [4.69, 9.17) is 11.6 Å². The van der Waals surface area contributed by atoms with Crippen LogP contribution in [0.25, 0.3) is 0 Å². The first-order valence-electron chi connectivity index (χ1n) is 6.60. The molecular formula is C15H16ClN3O2. The predicted molar refractivity (Wildman–Crippen MR) is 80.3 cm³/mol. The summed E-state index contributed by atoms with van der Waals surface area (Å²) in [6.07, 6.45) is 2.78. The highest BCUT2D eigenvalue weighted by molar-refractivity contribution is 6.29. The van der Waals surface area contributed by atoms with Crippen LogP contribution in [-0.2, 0) is 0 Å². The number of phenols is 1. The van der Waals surface area contributed by atoms with Crippen LogP contribution in [0.4, 0.5) is 0 Å². The Morgan fingerprint density at radius 3 is 2.81 bits per heavy atom. The number of rotatable bonds is 4. The Bertz CT molecular complexity index is 648. The van der Waals surface area contributed by atoms with Crippen molar-refractivity contribution in [1.29, 1.82) is 0 Å². The van der Waals surface area contributed by atoms with Crippen LogP contribution in [0.15, 0.2) is 36.7 Å². The normalized spacial score (nSPS) is 12.0. The number of halogens is 1. The Balaban J connectivity index is 2.28. The van der Waals surface area contributed by atoms with E-state index in [1.165, 1.54) is 12.4 Å². The van der Waals surface area contributed by atoms with Crippen molar-refractivity contribution in [3.63, 3.8) is 0 Å². The molecule has 5 nitrogen and oxygen atoms in total. The van der Waals surface area contributed by atoms with Gasteiger partial charge in [0, 0.05) is 6.54 Å². The Morgan fingerprint density at radius 1 is 1.43 bits per heavy atom. The summed E-state index contributed by atoms with van der Waals surface area (Å²) in [5, 5.41) is 9.75. The van der Waals surface area contributed by atoms with Crippen molar-refractivity contribution in [2.24, 2.45) is 0 Å². The maximum atomic E-state index is 12.5. The number of hydrogen-bond donors (Lipinski definition) is 1. The molecule has 0 radical (unpaired) electrons. The summed E-state index contributed by atoms with van der Waals surface area (Å²) in [7, 11) is 0. The third kappa shape index (κ3) is 3.49. The Labute approximate surface area is 128 Å². The minimum absolute atomic E-state index is 0.172. The molecule has 1 heterocycles. The quantitative estimate of drug-likeness (QED) is 0.942. The number of carbonyl (C=O) groups excluding carboxylic acids is 1. The molecule has 1 atom stereocenters. The molecule has 1 aromatic heterocycles. The van der Waals surface area contributed by atoms with E-state index in [-0.39, 0.29) is 28.5 Å². The summed E-state index contributed by atoms with van der Waals surface area (Å²) in [5.41, 5.74) is 1.05. The van der Waals surface area contributed by atoms with Gasteiger partial charge >= 0.3 is 0 Å². The van der Waals surface area contributed by atoms with Gasteiger partial charge in [0.1, 0.15) is 16.6 Å². The zero-order chi connectivity index (χ0) is 15.4. The van der Waals surface area contributed by atoms with Gasteiger partial charge in [-0.3, -0.25) is 9.78 Å². The molecule has 0 aliphatic heterocycles. The summed E-state index contributed by atoms with van der Waals surface area (Å²) in [4.78, 5) is 22.1. The number of carbonyl (C=O) groups is 1. The SMILES string of the molecule is CCN(C(=O)c1cncc(Cl)n1)C(C)c1cccc(O)c1. The van der Waals surface area contributed by atoms with Gasteiger partial charge in [-0.25, -0.2) is 4.98 Å². The van der Waals surface area contributed by atoms with Gasteiger partial charge in [0.25, 0.3) is 5.91 Å². The van der Waals surface area contributed by atoms with Gasteiger partial charge in [-0.1, -0.05) is 23.7 Å². The molecule has 1 aromatic carbocycles. The van der Waals surface area contributed by atoms with Crippen LogP contribution in [0.5, 0.6) is 5.75 Å². The molecule has 1 N–H and O–H groups in total. The maximum absolute atomic E-state index is 12.5. The maximum Gasteiger partial charge on any atom is 0.274 e. The molecule has 21 heavy (non-hydrogen) atoms. The van der Waals surface area contributed by atoms with Gasteiger partial charge in [0.05, 0.1) is 18.4 Å². The highest BCUT2D eigenvalue weighted by atomic mass is 35.5. The van der Waals surface area contributed by atoms with E-state index in [1.807, 2.05) is 19.9 Å². The zero-order valence-electron chi connectivity index (χ0n) is 11.8. The molecule has 2 aromatic rings. The van der Waals surface area contributed by atoms with Crippen molar-refractivity contribution in [3.8, 4) is 5.75 Å². The molecule has 0 aliphatic rings. The van der Waals surface area contributed by atoms with Crippen molar-refractivity contribution in [2.45, 2.75) is 19.9 Å². The average molecular weight is 306 g/mol. The van der Waals surface area contributed by atoms with Crippen LogP contribution in [-0.4, -0.2) is 32.4 Å².